The summed E-state index contributed by atoms with van der Waals surface area (Å²) in [4.78, 5) is 14.6. The number of carbonyl (C=O) groups excluding carboxylic acids is 1. The van der Waals surface area contributed by atoms with Gasteiger partial charge in [0.05, 0.1) is 5.92 Å². The van der Waals surface area contributed by atoms with Crippen LogP contribution in [0, 0.1) is 13.8 Å². The first-order valence-electron chi connectivity index (χ1n) is 9.31. The van der Waals surface area contributed by atoms with Crippen LogP contribution in [0.4, 0.5) is 0 Å². The normalized spacial score (nSPS) is 20.2. The van der Waals surface area contributed by atoms with Crippen molar-refractivity contribution in [3.8, 4) is 5.75 Å². The number of carbonyl (C=O) groups is 1. The average molecular weight is 357 g/mol. The lowest BCUT2D eigenvalue weighted by Crippen LogP contribution is -2.47. The largest absolute Gasteiger partial charge is 0.483 e. The van der Waals surface area contributed by atoms with Crippen LogP contribution in [0.1, 0.15) is 55.5 Å². The molecule has 0 N–H and O–H groups in total. The lowest BCUT2D eigenvalue weighted by Gasteiger charge is -2.37. The SMILES string of the molecule is CCc1nnc([C@H]2CCCN(C(=O)COc3cc(C)ccc3C)[C@H]2C)o1. The van der Waals surface area contributed by atoms with Gasteiger partial charge in [0.15, 0.2) is 6.61 Å². The van der Waals surface area contributed by atoms with E-state index in [-0.39, 0.29) is 24.5 Å². The predicted molar refractivity (Wildman–Crippen MR) is 98.2 cm³/mol. The fourth-order valence-corrected chi connectivity index (χ4v) is 3.47. The van der Waals surface area contributed by atoms with Crippen molar-refractivity contribution in [2.45, 2.75) is 58.9 Å². The number of ether oxygens (including phenoxy) is 1. The summed E-state index contributed by atoms with van der Waals surface area (Å²) >= 11 is 0. The number of aromatic nitrogens is 2. The summed E-state index contributed by atoms with van der Waals surface area (Å²) in [6.07, 6.45) is 2.60. The van der Waals surface area contributed by atoms with Gasteiger partial charge in [-0.05, 0) is 50.8 Å². The molecule has 0 aliphatic carbocycles. The Morgan fingerprint density at radius 3 is 2.88 bits per heavy atom. The maximum absolute atomic E-state index is 12.8. The van der Waals surface area contributed by atoms with Crippen molar-refractivity contribution in [1.29, 1.82) is 0 Å². The molecule has 3 rings (SSSR count). The van der Waals surface area contributed by atoms with Gasteiger partial charge in [0.1, 0.15) is 5.75 Å². The maximum Gasteiger partial charge on any atom is 0.260 e. The summed E-state index contributed by atoms with van der Waals surface area (Å²) in [6.45, 7) is 8.82. The van der Waals surface area contributed by atoms with Crippen LogP contribution in [0.5, 0.6) is 5.75 Å². The van der Waals surface area contributed by atoms with E-state index >= 15 is 0 Å². The molecule has 2 aromatic rings. The van der Waals surface area contributed by atoms with Gasteiger partial charge in [-0.3, -0.25) is 4.79 Å². The van der Waals surface area contributed by atoms with Crippen molar-refractivity contribution in [3.63, 3.8) is 0 Å². The van der Waals surface area contributed by atoms with E-state index in [0.717, 1.165) is 42.7 Å². The third kappa shape index (κ3) is 3.89. The van der Waals surface area contributed by atoms with Crippen LogP contribution in [0.15, 0.2) is 22.6 Å². The van der Waals surface area contributed by atoms with E-state index < -0.39 is 0 Å². The van der Waals surface area contributed by atoms with Gasteiger partial charge < -0.3 is 14.1 Å². The molecule has 1 amide bonds. The van der Waals surface area contributed by atoms with Crippen molar-refractivity contribution >= 4 is 5.91 Å². The molecule has 1 aliphatic heterocycles. The fraction of sp³-hybridized carbons (Fsp3) is 0.550. The third-order valence-electron chi connectivity index (χ3n) is 5.11. The van der Waals surface area contributed by atoms with Crippen LogP contribution in [-0.4, -0.2) is 40.2 Å². The Morgan fingerprint density at radius 1 is 1.35 bits per heavy atom. The zero-order valence-electron chi connectivity index (χ0n) is 16.0. The Morgan fingerprint density at radius 2 is 2.15 bits per heavy atom. The van der Waals surface area contributed by atoms with Crippen LogP contribution in [0.3, 0.4) is 0 Å². The maximum atomic E-state index is 12.8. The van der Waals surface area contributed by atoms with Crippen LogP contribution in [0.25, 0.3) is 0 Å². The van der Waals surface area contributed by atoms with Gasteiger partial charge in [0.25, 0.3) is 5.91 Å². The number of amides is 1. The van der Waals surface area contributed by atoms with E-state index in [0.29, 0.717) is 11.8 Å². The van der Waals surface area contributed by atoms with Gasteiger partial charge >= 0.3 is 0 Å². The van der Waals surface area contributed by atoms with Crippen LogP contribution >= 0.6 is 0 Å². The summed E-state index contributed by atoms with van der Waals surface area (Å²) in [5, 5.41) is 8.25. The zero-order chi connectivity index (χ0) is 18.7. The zero-order valence-corrected chi connectivity index (χ0v) is 16.0. The number of likely N-dealkylation sites (tertiary alicyclic amines) is 1. The van der Waals surface area contributed by atoms with E-state index in [4.69, 9.17) is 9.15 Å². The van der Waals surface area contributed by atoms with Gasteiger partial charge in [-0.15, -0.1) is 10.2 Å². The van der Waals surface area contributed by atoms with Gasteiger partial charge in [-0.25, -0.2) is 0 Å². The second-order valence-electron chi connectivity index (χ2n) is 7.02. The molecule has 1 saturated heterocycles. The van der Waals surface area contributed by atoms with Crippen molar-refractivity contribution in [2.24, 2.45) is 0 Å². The second kappa shape index (κ2) is 7.89. The molecule has 140 valence electrons. The Bertz CT molecular complexity index is 771. The molecule has 1 fully saturated rings. The minimum Gasteiger partial charge on any atom is -0.483 e. The number of nitrogens with zero attached hydrogens (tertiary/aromatic N) is 3. The van der Waals surface area contributed by atoms with Crippen molar-refractivity contribution in [1.82, 2.24) is 15.1 Å². The molecule has 0 unspecified atom stereocenters. The Labute approximate surface area is 154 Å². The summed E-state index contributed by atoms with van der Waals surface area (Å²) in [6, 6.07) is 6.03. The molecular weight excluding hydrogens is 330 g/mol. The van der Waals surface area contributed by atoms with E-state index in [2.05, 4.69) is 17.1 Å². The molecule has 0 spiro atoms. The molecule has 2 atom stereocenters. The highest BCUT2D eigenvalue weighted by Gasteiger charge is 2.35. The number of rotatable bonds is 5. The van der Waals surface area contributed by atoms with Gasteiger partial charge in [-0.2, -0.15) is 0 Å². The quantitative estimate of drug-likeness (QED) is 0.820. The van der Waals surface area contributed by atoms with E-state index in [1.807, 2.05) is 43.9 Å². The molecular formula is C20H27N3O3. The molecule has 1 aromatic carbocycles. The smallest absolute Gasteiger partial charge is 0.260 e. The molecule has 6 heteroatoms. The summed E-state index contributed by atoms with van der Waals surface area (Å²) < 4.78 is 11.5. The van der Waals surface area contributed by atoms with Gasteiger partial charge in [-0.1, -0.05) is 19.1 Å². The first kappa shape index (κ1) is 18.4. The number of hydrogen-bond donors (Lipinski definition) is 0. The highest BCUT2D eigenvalue weighted by molar-refractivity contribution is 5.78. The van der Waals surface area contributed by atoms with Crippen LogP contribution in [0.2, 0.25) is 0 Å². The lowest BCUT2D eigenvalue weighted by molar-refractivity contribution is -0.137. The molecule has 0 radical (unpaired) electrons. The number of aryl methyl sites for hydroxylation is 3. The summed E-state index contributed by atoms with van der Waals surface area (Å²) in [5.41, 5.74) is 2.15. The summed E-state index contributed by atoms with van der Waals surface area (Å²) in [7, 11) is 0. The first-order valence-corrected chi connectivity index (χ1v) is 9.31. The monoisotopic (exact) mass is 357 g/mol. The number of piperidine rings is 1. The highest BCUT2D eigenvalue weighted by Crippen LogP contribution is 2.32. The number of hydrogen-bond acceptors (Lipinski definition) is 5. The Balaban J connectivity index is 1.65. The lowest BCUT2D eigenvalue weighted by atomic mass is 9.90. The molecule has 6 nitrogen and oxygen atoms in total. The van der Waals surface area contributed by atoms with Crippen molar-refractivity contribution in [3.05, 3.63) is 41.1 Å². The van der Waals surface area contributed by atoms with Crippen molar-refractivity contribution < 1.29 is 13.9 Å². The van der Waals surface area contributed by atoms with Crippen molar-refractivity contribution in [2.75, 3.05) is 13.2 Å². The molecule has 26 heavy (non-hydrogen) atoms. The van der Waals surface area contributed by atoms with Gasteiger partial charge in [0, 0.05) is 19.0 Å². The minimum atomic E-state index is -0.00154. The first-order chi connectivity index (χ1) is 12.5. The Hall–Kier alpha value is -2.37. The van der Waals surface area contributed by atoms with Gasteiger partial charge in [0.2, 0.25) is 11.8 Å². The molecule has 1 aliphatic rings. The van der Waals surface area contributed by atoms with Crippen LogP contribution in [-0.2, 0) is 11.2 Å². The van der Waals surface area contributed by atoms with Crippen LogP contribution < -0.4 is 4.74 Å². The minimum absolute atomic E-state index is 0.00154. The third-order valence-corrected chi connectivity index (χ3v) is 5.11. The molecule has 1 aromatic heterocycles. The highest BCUT2D eigenvalue weighted by atomic mass is 16.5. The summed E-state index contributed by atoms with van der Waals surface area (Å²) in [5.74, 6) is 2.14. The van der Waals surface area contributed by atoms with E-state index in [1.54, 1.807) is 0 Å². The second-order valence-corrected chi connectivity index (χ2v) is 7.02. The Kier molecular flexibility index (Phi) is 5.59. The van der Waals surface area contributed by atoms with E-state index in [9.17, 15) is 4.79 Å². The standard InChI is InChI=1S/C20H27N3O3/c1-5-18-21-22-20(26-18)16-7-6-10-23(15(16)4)19(24)12-25-17-11-13(2)8-9-14(17)3/h8-9,11,15-16H,5-7,10,12H2,1-4H3/t15-,16-/m0/s1. The average Bonchev–Trinajstić information content (AvgIpc) is 3.11. The number of benzene rings is 1. The molecule has 0 bridgehead atoms. The molecule has 2 heterocycles. The predicted octanol–water partition coefficient (Wildman–Crippen LogP) is 3.42. The topological polar surface area (TPSA) is 68.5 Å². The van der Waals surface area contributed by atoms with E-state index in [1.165, 1.54) is 0 Å². The molecule has 0 saturated carbocycles. The fourth-order valence-electron chi connectivity index (χ4n) is 3.47.